The second kappa shape index (κ2) is 5.62. The molecule has 1 aromatic rings. The van der Waals surface area contributed by atoms with E-state index in [0.29, 0.717) is 12.8 Å². The van der Waals surface area contributed by atoms with Crippen LogP contribution in [0.2, 0.25) is 5.02 Å². The number of hydrogen-bond acceptors (Lipinski definition) is 5. The fourth-order valence-electron chi connectivity index (χ4n) is 2.16. The van der Waals surface area contributed by atoms with E-state index in [-0.39, 0.29) is 15.7 Å². The molecule has 0 bridgehead atoms. The molecule has 0 saturated heterocycles. The van der Waals surface area contributed by atoms with Crippen LogP contribution in [0.15, 0.2) is 17.2 Å². The maximum Gasteiger partial charge on any atom is 0.244 e. The standard InChI is InChI=1S/C11H16ClN3O3S/c12-7-5-10(11(13)14-6-7)19(17,18)15-8-3-1-2-4-9(8)16/h5-6,8-9,15-16H,1-4H2,(H2,13,14)/t8-,9-/m0/s1. The first-order valence-electron chi connectivity index (χ1n) is 6.01. The summed E-state index contributed by atoms with van der Waals surface area (Å²) in [6.45, 7) is 0. The highest BCUT2D eigenvalue weighted by Gasteiger charge is 2.29. The van der Waals surface area contributed by atoms with Gasteiger partial charge in [-0.15, -0.1) is 0 Å². The fourth-order valence-corrected chi connectivity index (χ4v) is 3.79. The lowest BCUT2D eigenvalue weighted by Crippen LogP contribution is -2.45. The Morgan fingerprint density at radius 1 is 1.42 bits per heavy atom. The lowest BCUT2D eigenvalue weighted by Gasteiger charge is -2.28. The van der Waals surface area contributed by atoms with Gasteiger partial charge in [-0.25, -0.2) is 18.1 Å². The van der Waals surface area contributed by atoms with Crippen LogP contribution in [0, 0.1) is 0 Å². The normalized spacial score (nSPS) is 24.3. The van der Waals surface area contributed by atoms with Crippen LogP contribution in [-0.2, 0) is 10.0 Å². The van der Waals surface area contributed by atoms with Crippen LogP contribution in [0.3, 0.4) is 0 Å². The van der Waals surface area contributed by atoms with E-state index >= 15 is 0 Å². The van der Waals surface area contributed by atoms with E-state index in [0.717, 1.165) is 12.8 Å². The van der Waals surface area contributed by atoms with Gasteiger partial charge < -0.3 is 10.8 Å². The average molecular weight is 306 g/mol. The first-order chi connectivity index (χ1) is 8.90. The summed E-state index contributed by atoms with van der Waals surface area (Å²) in [6.07, 6.45) is 3.60. The Morgan fingerprint density at radius 3 is 2.79 bits per heavy atom. The largest absolute Gasteiger partial charge is 0.391 e. The third-order valence-electron chi connectivity index (χ3n) is 3.17. The van der Waals surface area contributed by atoms with Crippen LogP contribution < -0.4 is 10.5 Å². The second-order valence-corrected chi connectivity index (χ2v) is 6.74. The molecule has 106 valence electrons. The smallest absolute Gasteiger partial charge is 0.244 e. The monoisotopic (exact) mass is 305 g/mol. The van der Waals surface area contributed by atoms with Crippen molar-refractivity contribution in [3.8, 4) is 0 Å². The van der Waals surface area contributed by atoms with Crippen LogP contribution in [0.4, 0.5) is 5.82 Å². The quantitative estimate of drug-likeness (QED) is 0.769. The molecule has 1 saturated carbocycles. The van der Waals surface area contributed by atoms with Crippen LogP contribution in [-0.4, -0.2) is 30.7 Å². The first-order valence-corrected chi connectivity index (χ1v) is 7.87. The highest BCUT2D eigenvalue weighted by atomic mass is 35.5. The molecule has 2 rings (SSSR count). The van der Waals surface area contributed by atoms with Gasteiger partial charge in [0, 0.05) is 12.2 Å². The molecule has 0 aromatic carbocycles. The summed E-state index contributed by atoms with van der Waals surface area (Å²) in [5.74, 6) is -0.109. The number of aliphatic hydroxyl groups excluding tert-OH is 1. The molecule has 1 heterocycles. The van der Waals surface area contributed by atoms with E-state index in [1.807, 2.05) is 0 Å². The van der Waals surface area contributed by atoms with E-state index in [2.05, 4.69) is 9.71 Å². The zero-order valence-electron chi connectivity index (χ0n) is 10.2. The molecule has 0 spiro atoms. The Hall–Kier alpha value is -0.890. The van der Waals surface area contributed by atoms with Gasteiger partial charge in [0.1, 0.15) is 10.7 Å². The third kappa shape index (κ3) is 3.36. The maximum absolute atomic E-state index is 12.2. The number of halogens is 1. The summed E-state index contributed by atoms with van der Waals surface area (Å²) in [7, 11) is -3.83. The van der Waals surface area contributed by atoms with Crippen molar-refractivity contribution in [1.29, 1.82) is 0 Å². The Labute approximate surface area is 117 Å². The minimum Gasteiger partial charge on any atom is -0.391 e. The number of nitrogens with zero attached hydrogens (tertiary/aromatic N) is 1. The maximum atomic E-state index is 12.2. The number of nitrogens with two attached hydrogens (primary N) is 1. The highest BCUT2D eigenvalue weighted by molar-refractivity contribution is 7.89. The average Bonchev–Trinajstić information content (AvgIpc) is 2.35. The zero-order valence-corrected chi connectivity index (χ0v) is 11.8. The number of aliphatic hydroxyl groups is 1. The third-order valence-corrected chi connectivity index (χ3v) is 4.90. The molecule has 1 aromatic heterocycles. The molecule has 0 radical (unpaired) electrons. The molecule has 8 heteroatoms. The topological polar surface area (TPSA) is 105 Å². The van der Waals surface area contributed by atoms with Gasteiger partial charge in [-0.2, -0.15) is 0 Å². The number of sulfonamides is 1. The zero-order chi connectivity index (χ0) is 14.0. The SMILES string of the molecule is Nc1ncc(Cl)cc1S(=O)(=O)N[C@H]1CCCC[C@@H]1O. The molecule has 0 amide bonds. The molecule has 1 aliphatic rings. The fraction of sp³-hybridized carbons (Fsp3) is 0.545. The molecule has 19 heavy (non-hydrogen) atoms. The molecular formula is C11H16ClN3O3S. The van der Waals surface area contributed by atoms with Gasteiger partial charge in [-0.3, -0.25) is 0 Å². The Morgan fingerprint density at radius 2 is 2.11 bits per heavy atom. The van der Waals surface area contributed by atoms with Crippen molar-refractivity contribution in [2.45, 2.75) is 42.7 Å². The van der Waals surface area contributed by atoms with Crippen molar-refractivity contribution in [2.75, 3.05) is 5.73 Å². The van der Waals surface area contributed by atoms with Crippen molar-refractivity contribution < 1.29 is 13.5 Å². The summed E-state index contributed by atoms with van der Waals surface area (Å²) < 4.78 is 26.9. The molecule has 0 aliphatic heterocycles. The second-order valence-electron chi connectivity index (χ2n) is 4.62. The lowest BCUT2D eigenvalue weighted by molar-refractivity contribution is 0.101. The van der Waals surface area contributed by atoms with Crippen molar-refractivity contribution in [2.24, 2.45) is 0 Å². The molecular weight excluding hydrogens is 290 g/mol. The van der Waals surface area contributed by atoms with E-state index in [1.165, 1.54) is 12.3 Å². The Kier molecular flexibility index (Phi) is 4.29. The summed E-state index contributed by atoms with van der Waals surface area (Å²) in [5.41, 5.74) is 5.56. The molecule has 2 atom stereocenters. The summed E-state index contributed by atoms with van der Waals surface area (Å²) in [5, 5.41) is 10.00. The number of rotatable bonds is 3. The molecule has 1 fully saturated rings. The van der Waals surface area contributed by atoms with Crippen LogP contribution in [0.5, 0.6) is 0 Å². The number of aromatic nitrogens is 1. The van der Waals surface area contributed by atoms with E-state index in [4.69, 9.17) is 17.3 Å². The van der Waals surface area contributed by atoms with Crippen molar-refractivity contribution >= 4 is 27.4 Å². The van der Waals surface area contributed by atoms with Gasteiger partial charge in [0.15, 0.2) is 0 Å². The van der Waals surface area contributed by atoms with Crippen LogP contribution in [0.25, 0.3) is 0 Å². The minimum atomic E-state index is -3.83. The Balaban J connectivity index is 2.24. The van der Waals surface area contributed by atoms with E-state index in [9.17, 15) is 13.5 Å². The van der Waals surface area contributed by atoms with Gasteiger partial charge in [-0.1, -0.05) is 24.4 Å². The summed E-state index contributed by atoms with van der Waals surface area (Å²) >= 11 is 5.73. The van der Waals surface area contributed by atoms with Gasteiger partial charge in [0.2, 0.25) is 10.0 Å². The van der Waals surface area contributed by atoms with Crippen molar-refractivity contribution in [1.82, 2.24) is 9.71 Å². The van der Waals surface area contributed by atoms with Gasteiger partial charge in [0.25, 0.3) is 0 Å². The molecule has 0 unspecified atom stereocenters. The lowest BCUT2D eigenvalue weighted by atomic mass is 9.93. The Bertz CT molecular complexity index is 564. The number of nitrogen functional groups attached to an aromatic ring is 1. The summed E-state index contributed by atoms with van der Waals surface area (Å²) in [4.78, 5) is 3.57. The van der Waals surface area contributed by atoms with E-state index in [1.54, 1.807) is 0 Å². The first kappa shape index (κ1) is 14.5. The van der Waals surface area contributed by atoms with Crippen LogP contribution in [0.1, 0.15) is 25.7 Å². The van der Waals surface area contributed by atoms with Gasteiger partial charge in [-0.05, 0) is 18.9 Å². The number of hydrogen-bond donors (Lipinski definition) is 3. The molecule has 1 aliphatic carbocycles. The number of pyridine rings is 1. The number of anilines is 1. The number of nitrogens with one attached hydrogen (secondary N) is 1. The molecule has 6 nitrogen and oxygen atoms in total. The summed E-state index contributed by atoms with van der Waals surface area (Å²) in [6, 6.07) is 0.763. The van der Waals surface area contributed by atoms with E-state index < -0.39 is 22.2 Å². The predicted molar refractivity (Wildman–Crippen MR) is 72.2 cm³/mol. The van der Waals surface area contributed by atoms with Crippen molar-refractivity contribution in [3.05, 3.63) is 17.3 Å². The molecule has 4 N–H and O–H groups in total. The van der Waals surface area contributed by atoms with Gasteiger partial charge in [0.05, 0.1) is 11.1 Å². The predicted octanol–water partition coefficient (Wildman–Crippen LogP) is 0.899. The van der Waals surface area contributed by atoms with Gasteiger partial charge >= 0.3 is 0 Å². The van der Waals surface area contributed by atoms with Crippen LogP contribution >= 0.6 is 11.6 Å². The van der Waals surface area contributed by atoms with Crippen molar-refractivity contribution in [3.63, 3.8) is 0 Å². The highest BCUT2D eigenvalue weighted by Crippen LogP contribution is 2.23. The minimum absolute atomic E-state index is 0.109.